The van der Waals surface area contributed by atoms with E-state index in [1.807, 2.05) is 31.2 Å². The van der Waals surface area contributed by atoms with E-state index in [1.54, 1.807) is 18.2 Å². The molecule has 0 aromatic heterocycles. The topological polar surface area (TPSA) is 75.6 Å². The van der Waals surface area contributed by atoms with Crippen LogP contribution in [0.1, 0.15) is 11.1 Å². The van der Waals surface area contributed by atoms with Gasteiger partial charge in [0.1, 0.15) is 5.75 Å². The van der Waals surface area contributed by atoms with E-state index in [-0.39, 0.29) is 12.5 Å². The second kappa shape index (κ2) is 8.31. The van der Waals surface area contributed by atoms with Crippen LogP contribution in [-0.2, 0) is 9.59 Å². The van der Waals surface area contributed by atoms with Gasteiger partial charge in [0.05, 0.1) is 0 Å². The van der Waals surface area contributed by atoms with Gasteiger partial charge >= 0.3 is 5.97 Å². The van der Waals surface area contributed by atoms with E-state index in [0.717, 1.165) is 21.8 Å². The monoisotopic (exact) mass is 389 g/mol. The third-order valence-electron chi connectivity index (χ3n) is 3.16. The first-order chi connectivity index (χ1) is 11.5. The van der Waals surface area contributed by atoms with Gasteiger partial charge in [-0.05, 0) is 42.8 Å². The number of carboxylic acid groups (broad SMARTS) is 1. The van der Waals surface area contributed by atoms with Crippen LogP contribution < -0.4 is 10.1 Å². The number of amides is 1. The number of para-hydroxylation sites is 1. The minimum atomic E-state index is -1.06. The number of nitrogens with one attached hydrogen (secondary N) is 1. The minimum absolute atomic E-state index is 0.177. The molecule has 0 aliphatic carbocycles. The Hall–Kier alpha value is -2.60. The fourth-order valence-corrected chi connectivity index (χ4v) is 2.36. The maximum atomic E-state index is 12.0. The summed E-state index contributed by atoms with van der Waals surface area (Å²) in [7, 11) is 0. The molecule has 2 aromatic rings. The number of carbonyl (C=O) groups excluding carboxylic acids is 1. The molecule has 0 bridgehead atoms. The molecule has 5 nitrogen and oxygen atoms in total. The van der Waals surface area contributed by atoms with Crippen LogP contribution >= 0.6 is 15.9 Å². The van der Waals surface area contributed by atoms with Crippen molar-refractivity contribution >= 4 is 39.6 Å². The predicted octanol–water partition coefficient (Wildman–Crippen LogP) is 3.87. The Bertz CT molecular complexity index is 786. The summed E-state index contributed by atoms with van der Waals surface area (Å²) in [5, 5.41) is 11.5. The van der Waals surface area contributed by atoms with Crippen LogP contribution in [0.15, 0.2) is 53.0 Å². The molecule has 0 heterocycles. The van der Waals surface area contributed by atoms with Crippen LogP contribution in [0.2, 0.25) is 0 Å². The zero-order valence-corrected chi connectivity index (χ0v) is 14.5. The molecule has 2 rings (SSSR count). The molecule has 24 heavy (non-hydrogen) atoms. The Morgan fingerprint density at radius 3 is 2.71 bits per heavy atom. The van der Waals surface area contributed by atoms with E-state index in [0.29, 0.717) is 11.3 Å². The summed E-state index contributed by atoms with van der Waals surface area (Å²) in [6, 6.07) is 12.6. The first-order valence-corrected chi connectivity index (χ1v) is 7.94. The fourth-order valence-electron chi connectivity index (χ4n) is 1.98. The first kappa shape index (κ1) is 17.7. The van der Waals surface area contributed by atoms with Gasteiger partial charge in [0, 0.05) is 21.8 Å². The Kier molecular flexibility index (Phi) is 6.14. The number of aliphatic carboxylic acids is 1. The van der Waals surface area contributed by atoms with Gasteiger partial charge in [-0.2, -0.15) is 0 Å². The second-order valence-corrected chi connectivity index (χ2v) is 5.92. The number of hydrogen-bond donors (Lipinski definition) is 2. The summed E-state index contributed by atoms with van der Waals surface area (Å²) in [6.45, 7) is 1.73. The number of aryl methyl sites for hydroxylation is 1. The normalized spacial score (nSPS) is 10.6. The van der Waals surface area contributed by atoms with E-state index in [2.05, 4.69) is 21.2 Å². The number of carboxylic acids is 1. The average molecular weight is 390 g/mol. The van der Waals surface area contributed by atoms with Gasteiger partial charge in [-0.15, -0.1) is 0 Å². The molecule has 0 saturated carbocycles. The molecule has 0 aliphatic heterocycles. The molecule has 0 atom stereocenters. The Morgan fingerprint density at radius 2 is 2.00 bits per heavy atom. The summed E-state index contributed by atoms with van der Waals surface area (Å²) in [4.78, 5) is 22.7. The summed E-state index contributed by atoms with van der Waals surface area (Å²) >= 11 is 3.32. The Labute approximate surface area is 148 Å². The van der Waals surface area contributed by atoms with Gasteiger partial charge in [-0.3, -0.25) is 4.79 Å². The van der Waals surface area contributed by atoms with Gasteiger partial charge in [0.15, 0.2) is 6.61 Å². The van der Waals surface area contributed by atoms with Crippen molar-refractivity contribution in [3.63, 3.8) is 0 Å². The molecule has 0 unspecified atom stereocenters. The lowest BCUT2D eigenvalue weighted by molar-refractivity contribution is -0.131. The highest BCUT2D eigenvalue weighted by Crippen LogP contribution is 2.24. The number of ether oxygens (including phenoxy) is 1. The van der Waals surface area contributed by atoms with Gasteiger partial charge in [-0.1, -0.05) is 34.1 Å². The fraction of sp³-hybridized carbons (Fsp3) is 0.111. The van der Waals surface area contributed by atoms with Crippen molar-refractivity contribution in [1.82, 2.24) is 0 Å². The molecule has 0 radical (unpaired) electrons. The zero-order valence-electron chi connectivity index (χ0n) is 13.0. The van der Waals surface area contributed by atoms with Crippen LogP contribution in [0, 0.1) is 6.92 Å². The van der Waals surface area contributed by atoms with Gasteiger partial charge in [-0.25, -0.2) is 4.79 Å². The molecular weight excluding hydrogens is 374 g/mol. The van der Waals surface area contributed by atoms with E-state index in [9.17, 15) is 9.59 Å². The summed E-state index contributed by atoms with van der Waals surface area (Å²) in [6.07, 6.45) is 2.43. The molecule has 0 fully saturated rings. The molecule has 6 heteroatoms. The van der Waals surface area contributed by atoms with Gasteiger partial charge < -0.3 is 15.2 Å². The van der Waals surface area contributed by atoms with Crippen molar-refractivity contribution in [2.75, 3.05) is 11.9 Å². The minimum Gasteiger partial charge on any atom is -0.483 e. The predicted molar refractivity (Wildman–Crippen MR) is 96.1 cm³/mol. The summed E-state index contributed by atoms with van der Waals surface area (Å²) < 4.78 is 6.30. The van der Waals surface area contributed by atoms with Gasteiger partial charge in [0.25, 0.3) is 5.91 Å². The molecule has 2 aromatic carbocycles. The molecule has 0 aliphatic rings. The van der Waals surface area contributed by atoms with E-state index in [1.165, 1.54) is 6.08 Å². The van der Waals surface area contributed by atoms with Crippen molar-refractivity contribution in [2.24, 2.45) is 0 Å². The quantitative estimate of drug-likeness (QED) is 0.735. The first-order valence-electron chi connectivity index (χ1n) is 7.14. The van der Waals surface area contributed by atoms with E-state index in [4.69, 9.17) is 9.84 Å². The summed E-state index contributed by atoms with van der Waals surface area (Å²) in [5.74, 6) is -0.922. The van der Waals surface area contributed by atoms with E-state index >= 15 is 0 Å². The lowest BCUT2D eigenvalue weighted by Gasteiger charge is -2.11. The Balaban J connectivity index is 2.04. The highest BCUT2D eigenvalue weighted by atomic mass is 79.9. The van der Waals surface area contributed by atoms with Crippen LogP contribution in [0.25, 0.3) is 6.08 Å². The molecular formula is C18H16BrNO4. The lowest BCUT2D eigenvalue weighted by atomic mass is 10.2. The van der Waals surface area contributed by atoms with Crippen LogP contribution in [0.4, 0.5) is 5.69 Å². The number of carbonyl (C=O) groups is 2. The maximum Gasteiger partial charge on any atom is 0.328 e. The number of anilines is 1. The van der Waals surface area contributed by atoms with Gasteiger partial charge in [0.2, 0.25) is 0 Å². The van der Waals surface area contributed by atoms with Crippen molar-refractivity contribution in [2.45, 2.75) is 6.92 Å². The van der Waals surface area contributed by atoms with Crippen molar-refractivity contribution < 1.29 is 19.4 Å². The van der Waals surface area contributed by atoms with Crippen molar-refractivity contribution in [3.8, 4) is 5.75 Å². The van der Waals surface area contributed by atoms with Crippen molar-refractivity contribution in [1.29, 1.82) is 0 Å². The standard InChI is InChI=1S/C18H16BrNO4/c1-12-4-2-3-5-15(12)20-17(21)11-24-16-8-7-14(19)10-13(16)6-9-18(22)23/h2-10H,11H2,1H3,(H,20,21)(H,22,23). The van der Waals surface area contributed by atoms with Crippen LogP contribution in [0.5, 0.6) is 5.75 Å². The summed E-state index contributed by atoms with van der Waals surface area (Å²) in [5.41, 5.74) is 2.25. The number of benzene rings is 2. The van der Waals surface area contributed by atoms with Crippen LogP contribution in [0.3, 0.4) is 0 Å². The third-order valence-corrected chi connectivity index (χ3v) is 3.65. The second-order valence-electron chi connectivity index (χ2n) is 5.01. The Morgan fingerprint density at radius 1 is 1.25 bits per heavy atom. The lowest BCUT2D eigenvalue weighted by Crippen LogP contribution is -2.20. The van der Waals surface area contributed by atoms with E-state index < -0.39 is 5.97 Å². The molecule has 0 saturated heterocycles. The highest BCUT2D eigenvalue weighted by molar-refractivity contribution is 9.10. The van der Waals surface area contributed by atoms with Crippen molar-refractivity contribution in [3.05, 3.63) is 64.1 Å². The largest absolute Gasteiger partial charge is 0.483 e. The molecule has 124 valence electrons. The average Bonchev–Trinajstić information content (AvgIpc) is 2.54. The zero-order chi connectivity index (χ0) is 17.5. The molecule has 2 N–H and O–H groups in total. The molecule has 1 amide bonds. The SMILES string of the molecule is Cc1ccccc1NC(=O)COc1ccc(Br)cc1C=CC(=O)O. The number of hydrogen-bond acceptors (Lipinski definition) is 3. The smallest absolute Gasteiger partial charge is 0.328 e. The van der Waals surface area contributed by atoms with Crippen LogP contribution in [-0.4, -0.2) is 23.6 Å². The number of halogens is 1. The number of rotatable bonds is 6. The highest BCUT2D eigenvalue weighted by Gasteiger charge is 2.08. The molecule has 0 spiro atoms. The third kappa shape index (κ3) is 5.24. The maximum absolute atomic E-state index is 12.0.